The highest BCUT2D eigenvalue weighted by molar-refractivity contribution is 5.81. The van der Waals surface area contributed by atoms with E-state index in [2.05, 4.69) is 0 Å². The third-order valence-corrected chi connectivity index (χ3v) is 3.57. The molecule has 2 aliphatic carbocycles. The number of hydrogen-bond donors (Lipinski definition) is 2. The quantitative estimate of drug-likeness (QED) is 0.673. The van der Waals surface area contributed by atoms with E-state index in [9.17, 15) is 4.79 Å². The van der Waals surface area contributed by atoms with E-state index in [-0.39, 0.29) is 24.5 Å². The summed E-state index contributed by atoms with van der Waals surface area (Å²) in [6.45, 7) is 0.508. The summed E-state index contributed by atoms with van der Waals surface area (Å²) in [5, 5.41) is 9.01. The fourth-order valence-electron chi connectivity index (χ4n) is 2.40. The first-order valence-electron chi connectivity index (χ1n) is 6.07. The minimum absolute atomic E-state index is 0.0197. The van der Waals surface area contributed by atoms with Crippen molar-refractivity contribution in [2.45, 2.75) is 37.8 Å². The van der Waals surface area contributed by atoms with Crippen LogP contribution in [0.5, 0.6) is 0 Å². The molecular weight excluding hydrogens is 204 g/mol. The van der Waals surface area contributed by atoms with Crippen LogP contribution in [0.3, 0.4) is 0 Å². The number of amides is 1. The maximum Gasteiger partial charge on any atom is 0.229 e. The Morgan fingerprint density at radius 2 is 2.19 bits per heavy atom. The number of nitrogens with zero attached hydrogens (tertiary/aromatic N) is 1. The number of aliphatic hydroxyl groups excluding tert-OH is 1. The van der Waals surface area contributed by atoms with E-state index in [4.69, 9.17) is 10.8 Å². The molecule has 0 bridgehead atoms. The van der Waals surface area contributed by atoms with Crippen LogP contribution in [-0.2, 0) is 4.79 Å². The molecular formula is C12H20N2O2. The minimum Gasteiger partial charge on any atom is -0.395 e. The van der Waals surface area contributed by atoms with E-state index >= 15 is 0 Å². The molecule has 0 aromatic carbocycles. The lowest BCUT2D eigenvalue weighted by Gasteiger charge is -2.38. The minimum atomic E-state index is -0.0675. The fourth-order valence-corrected chi connectivity index (χ4v) is 2.40. The summed E-state index contributed by atoms with van der Waals surface area (Å²) in [4.78, 5) is 14.1. The van der Waals surface area contributed by atoms with Gasteiger partial charge in [-0.05, 0) is 25.7 Å². The van der Waals surface area contributed by atoms with Crippen molar-refractivity contribution < 1.29 is 9.90 Å². The molecule has 16 heavy (non-hydrogen) atoms. The van der Waals surface area contributed by atoms with Gasteiger partial charge in [0.25, 0.3) is 0 Å². The Hall–Kier alpha value is -0.870. The Bertz CT molecular complexity index is 287. The third kappa shape index (κ3) is 2.28. The van der Waals surface area contributed by atoms with Crippen LogP contribution in [-0.4, -0.2) is 41.1 Å². The number of carbonyl (C=O) groups is 1. The van der Waals surface area contributed by atoms with Gasteiger partial charge >= 0.3 is 0 Å². The SMILES string of the molecule is NC1C=CC(C(=O)N(CCO)C2CCC2)C1. The van der Waals surface area contributed by atoms with Gasteiger partial charge in [-0.25, -0.2) is 0 Å². The average molecular weight is 224 g/mol. The van der Waals surface area contributed by atoms with Gasteiger partial charge in [-0.1, -0.05) is 12.2 Å². The highest BCUT2D eigenvalue weighted by Crippen LogP contribution is 2.28. The molecule has 0 aromatic rings. The Labute approximate surface area is 96.1 Å². The van der Waals surface area contributed by atoms with Crippen LogP contribution in [0.1, 0.15) is 25.7 Å². The van der Waals surface area contributed by atoms with Crippen molar-refractivity contribution >= 4 is 5.91 Å². The number of nitrogens with two attached hydrogens (primary N) is 1. The van der Waals surface area contributed by atoms with Crippen molar-refractivity contribution in [3.05, 3.63) is 12.2 Å². The lowest BCUT2D eigenvalue weighted by molar-refractivity contribution is -0.138. The summed E-state index contributed by atoms with van der Waals surface area (Å²) in [7, 11) is 0. The van der Waals surface area contributed by atoms with Gasteiger partial charge in [-0.15, -0.1) is 0 Å². The molecule has 0 heterocycles. The average Bonchev–Trinajstić information content (AvgIpc) is 2.60. The van der Waals surface area contributed by atoms with Crippen LogP contribution in [0.25, 0.3) is 0 Å². The molecule has 2 atom stereocenters. The molecule has 4 nitrogen and oxygen atoms in total. The maximum absolute atomic E-state index is 12.2. The molecule has 3 N–H and O–H groups in total. The summed E-state index contributed by atoms with van der Waals surface area (Å²) in [5.41, 5.74) is 5.75. The molecule has 0 aromatic heterocycles. The second-order valence-corrected chi connectivity index (χ2v) is 4.73. The van der Waals surface area contributed by atoms with Crippen molar-refractivity contribution in [2.75, 3.05) is 13.2 Å². The highest BCUT2D eigenvalue weighted by Gasteiger charge is 2.33. The van der Waals surface area contributed by atoms with E-state index in [1.165, 1.54) is 6.42 Å². The van der Waals surface area contributed by atoms with Crippen LogP contribution in [0.2, 0.25) is 0 Å². The van der Waals surface area contributed by atoms with Crippen LogP contribution in [0, 0.1) is 5.92 Å². The van der Waals surface area contributed by atoms with E-state index in [0.717, 1.165) is 12.8 Å². The maximum atomic E-state index is 12.2. The first-order valence-corrected chi connectivity index (χ1v) is 6.07. The van der Waals surface area contributed by atoms with Crippen molar-refractivity contribution in [3.8, 4) is 0 Å². The Morgan fingerprint density at radius 1 is 1.44 bits per heavy atom. The second kappa shape index (κ2) is 4.97. The summed E-state index contributed by atoms with van der Waals surface area (Å²) in [5.74, 6) is 0.0742. The van der Waals surface area contributed by atoms with Crippen molar-refractivity contribution in [3.63, 3.8) is 0 Å². The summed E-state index contributed by atoms with van der Waals surface area (Å²) in [6.07, 6.45) is 7.88. The molecule has 0 aliphatic heterocycles. The van der Waals surface area contributed by atoms with Gasteiger partial charge < -0.3 is 15.7 Å². The molecule has 0 spiro atoms. The molecule has 1 saturated carbocycles. The molecule has 4 heteroatoms. The Morgan fingerprint density at radius 3 is 2.62 bits per heavy atom. The molecule has 2 aliphatic rings. The predicted molar refractivity (Wildman–Crippen MR) is 61.7 cm³/mol. The molecule has 0 radical (unpaired) electrons. The molecule has 1 amide bonds. The van der Waals surface area contributed by atoms with Gasteiger partial charge in [0, 0.05) is 18.6 Å². The Kier molecular flexibility index (Phi) is 3.61. The van der Waals surface area contributed by atoms with Gasteiger partial charge in [0.15, 0.2) is 0 Å². The summed E-state index contributed by atoms with van der Waals surface area (Å²) < 4.78 is 0. The smallest absolute Gasteiger partial charge is 0.229 e. The van der Waals surface area contributed by atoms with Crippen LogP contribution >= 0.6 is 0 Å². The molecule has 2 rings (SSSR count). The van der Waals surface area contributed by atoms with E-state index < -0.39 is 0 Å². The van der Waals surface area contributed by atoms with Gasteiger partial charge in [0.2, 0.25) is 5.91 Å². The predicted octanol–water partition coefficient (Wildman–Crippen LogP) is 0.263. The van der Waals surface area contributed by atoms with Crippen LogP contribution < -0.4 is 5.73 Å². The van der Waals surface area contributed by atoms with Crippen molar-refractivity contribution in [1.82, 2.24) is 4.90 Å². The zero-order chi connectivity index (χ0) is 11.5. The second-order valence-electron chi connectivity index (χ2n) is 4.73. The lowest BCUT2D eigenvalue weighted by Crippen LogP contribution is -2.47. The fraction of sp³-hybridized carbons (Fsp3) is 0.750. The van der Waals surface area contributed by atoms with Gasteiger partial charge in [0.05, 0.1) is 12.5 Å². The summed E-state index contributed by atoms with van der Waals surface area (Å²) >= 11 is 0. The number of hydrogen-bond acceptors (Lipinski definition) is 3. The first-order chi connectivity index (χ1) is 7.72. The monoisotopic (exact) mass is 224 g/mol. The highest BCUT2D eigenvalue weighted by atomic mass is 16.3. The van der Waals surface area contributed by atoms with Crippen molar-refractivity contribution in [1.29, 1.82) is 0 Å². The van der Waals surface area contributed by atoms with Crippen molar-refractivity contribution in [2.24, 2.45) is 11.7 Å². The van der Waals surface area contributed by atoms with E-state index in [0.29, 0.717) is 19.0 Å². The largest absolute Gasteiger partial charge is 0.395 e. The third-order valence-electron chi connectivity index (χ3n) is 3.57. The first kappa shape index (κ1) is 11.6. The van der Waals surface area contributed by atoms with E-state index in [1.54, 1.807) is 0 Å². The van der Waals surface area contributed by atoms with E-state index in [1.807, 2.05) is 17.1 Å². The molecule has 1 fully saturated rings. The summed E-state index contributed by atoms with van der Waals surface area (Å²) in [6, 6.07) is 0.371. The zero-order valence-corrected chi connectivity index (χ0v) is 9.51. The van der Waals surface area contributed by atoms with Crippen LogP contribution in [0.15, 0.2) is 12.2 Å². The zero-order valence-electron chi connectivity index (χ0n) is 9.51. The van der Waals surface area contributed by atoms with Gasteiger partial charge in [-0.2, -0.15) is 0 Å². The van der Waals surface area contributed by atoms with Gasteiger partial charge in [0.1, 0.15) is 0 Å². The number of rotatable bonds is 4. The van der Waals surface area contributed by atoms with Crippen LogP contribution in [0.4, 0.5) is 0 Å². The number of aliphatic hydroxyl groups is 1. The number of carbonyl (C=O) groups excluding carboxylic acids is 1. The standard InChI is InChI=1S/C12H20N2O2/c13-10-5-4-9(8-10)12(16)14(6-7-15)11-2-1-3-11/h4-5,9-11,15H,1-3,6-8,13H2. The molecule has 0 saturated heterocycles. The lowest BCUT2D eigenvalue weighted by atomic mass is 9.90. The normalized spacial score (nSPS) is 29.1. The Balaban J connectivity index is 1.96. The molecule has 90 valence electrons. The van der Waals surface area contributed by atoms with Gasteiger partial charge in [-0.3, -0.25) is 4.79 Å². The topological polar surface area (TPSA) is 66.6 Å². The molecule has 2 unspecified atom stereocenters.